The molecule has 5 nitrogen and oxygen atoms in total. The van der Waals surface area contributed by atoms with Crippen LogP contribution in [0.2, 0.25) is 0 Å². The molecule has 0 radical (unpaired) electrons. The molecule has 0 unspecified atom stereocenters. The molecule has 0 aliphatic rings. The average Bonchev–Trinajstić information content (AvgIpc) is 2.70. The molecule has 1 aromatic heterocycles. The molecule has 0 fully saturated rings. The molecule has 0 aliphatic carbocycles. The lowest BCUT2D eigenvalue weighted by Crippen LogP contribution is -2.41. The van der Waals surface area contributed by atoms with Crippen molar-refractivity contribution >= 4 is 28.2 Å². The first kappa shape index (κ1) is 20.0. The van der Waals surface area contributed by atoms with Crippen molar-refractivity contribution < 1.29 is 5.11 Å². The number of aliphatic hydroxyl groups excluding tert-OH is 1. The van der Waals surface area contributed by atoms with E-state index in [2.05, 4.69) is 16.4 Å². The smallest absolute Gasteiger partial charge is 0.253 e. The maximum atomic E-state index is 12.6. The molecule has 1 heterocycles. The molecular weight excluding hydrogens is 370 g/mol. The molecule has 146 valence electrons. The number of rotatable bonds is 6. The molecule has 2 aromatic carbocycles. The number of pyridine rings is 1. The summed E-state index contributed by atoms with van der Waals surface area (Å²) in [5.41, 5.74) is 4.69. The van der Waals surface area contributed by atoms with Crippen molar-refractivity contribution in [1.29, 1.82) is 0 Å². The van der Waals surface area contributed by atoms with Gasteiger partial charge in [-0.05, 0) is 54.2 Å². The average molecular weight is 396 g/mol. The molecule has 0 spiro atoms. The van der Waals surface area contributed by atoms with Gasteiger partial charge < -0.3 is 20.3 Å². The lowest BCUT2D eigenvalue weighted by Gasteiger charge is -2.25. The van der Waals surface area contributed by atoms with Gasteiger partial charge in [-0.15, -0.1) is 0 Å². The number of aryl methyl sites for hydroxylation is 2. The molecule has 3 N–H and O–H groups in total. The van der Waals surface area contributed by atoms with Crippen LogP contribution in [0.1, 0.15) is 22.3 Å². The van der Waals surface area contributed by atoms with Crippen molar-refractivity contribution in [2.45, 2.75) is 26.9 Å². The first-order valence-corrected chi connectivity index (χ1v) is 9.70. The van der Waals surface area contributed by atoms with Gasteiger partial charge in [0.05, 0.1) is 18.7 Å². The number of benzene rings is 2. The summed E-state index contributed by atoms with van der Waals surface area (Å²) in [5, 5.41) is 14.2. The van der Waals surface area contributed by atoms with Crippen LogP contribution in [0.3, 0.4) is 0 Å². The Labute approximate surface area is 170 Å². The number of H-pyrrole nitrogens is 1. The van der Waals surface area contributed by atoms with Crippen LogP contribution < -0.4 is 10.9 Å². The number of thiocarbonyl (C=S) groups is 1. The van der Waals surface area contributed by atoms with Gasteiger partial charge in [-0.1, -0.05) is 42.5 Å². The first-order valence-electron chi connectivity index (χ1n) is 9.29. The van der Waals surface area contributed by atoms with Gasteiger partial charge in [0, 0.05) is 18.7 Å². The predicted molar refractivity (Wildman–Crippen MR) is 117 cm³/mol. The topological polar surface area (TPSA) is 68.4 Å². The molecule has 0 aliphatic heterocycles. The zero-order chi connectivity index (χ0) is 20.1. The first-order chi connectivity index (χ1) is 13.5. The van der Waals surface area contributed by atoms with Crippen molar-refractivity contribution in [3.63, 3.8) is 0 Å². The van der Waals surface area contributed by atoms with Crippen LogP contribution in [0.5, 0.6) is 0 Å². The normalized spacial score (nSPS) is 10.8. The van der Waals surface area contributed by atoms with Crippen molar-refractivity contribution in [3.8, 4) is 0 Å². The Morgan fingerprint density at radius 2 is 1.93 bits per heavy atom. The molecule has 0 saturated carbocycles. The van der Waals surface area contributed by atoms with E-state index in [4.69, 9.17) is 12.2 Å². The number of hydrogen-bond donors (Lipinski definition) is 3. The Kier molecular flexibility index (Phi) is 6.44. The van der Waals surface area contributed by atoms with Gasteiger partial charge in [0.1, 0.15) is 0 Å². The van der Waals surface area contributed by atoms with Gasteiger partial charge in [-0.2, -0.15) is 0 Å². The molecule has 3 rings (SSSR count). The second kappa shape index (κ2) is 8.99. The fraction of sp³-hybridized carbons (Fsp3) is 0.273. The molecule has 6 heteroatoms. The van der Waals surface area contributed by atoms with Crippen LogP contribution in [0.15, 0.2) is 53.3 Å². The molecule has 0 saturated heterocycles. The van der Waals surface area contributed by atoms with Gasteiger partial charge in [0.25, 0.3) is 5.56 Å². The van der Waals surface area contributed by atoms with Crippen molar-refractivity contribution in [1.82, 2.24) is 15.2 Å². The lowest BCUT2D eigenvalue weighted by atomic mass is 10.0. The highest BCUT2D eigenvalue weighted by atomic mass is 32.1. The Bertz CT molecular complexity index is 1030. The molecule has 3 aromatic rings. The van der Waals surface area contributed by atoms with Gasteiger partial charge in [-0.3, -0.25) is 4.79 Å². The maximum absolute atomic E-state index is 12.6. The van der Waals surface area contributed by atoms with Crippen LogP contribution in [-0.4, -0.2) is 33.3 Å². The van der Waals surface area contributed by atoms with E-state index in [1.807, 2.05) is 61.2 Å². The quantitative estimate of drug-likeness (QED) is 0.560. The SMILES string of the molecule is Cc1ccc2cc(CN(CCO)C(=S)NCc3ccccc3)c(=O)[nH]c2c1C. The largest absolute Gasteiger partial charge is 0.395 e. The minimum Gasteiger partial charge on any atom is -0.395 e. The minimum atomic E-state index is -0.130. The third kappa shape index (κ3) is 4.58. The third-order valence-electron chi connectivity index (χ3n) is 4.93. The number of aromatic nitrogens is 1. The summed E-state index contributed by atoms with van der Waals surface area (Å²) in [7, 11) is 0. The minimum absolute atomic E-state index is 0.0447. The van der Waals surface area contributed by atoms with Gasteiger partial charge >= 0.3 is 0 Å². The summed E-state index contributed by atoms with van der Waals surface area (Å²) in [6.45, 7) is 5.27. The Morgan fingerprint density at radius 3 is 2.64 bits per heavy atom. The molecule has 0 atom stereocenters. The van der Waals surface area contributed by atoms with E-state index in [0.717, 1.165) is 27.6 Å². The fourth-order valence-electron chi connectivity index (χ4n) is 3.15. The van der Waals surface area contributed by atoms with Gasteiger partial charge in [0.15, 0.2) is 5.11 Å². The Morgan fingerprint density at radius 1 is 1.18 bits per heavy atom. The highest BCUT2D eigenvalue weighted by Crippen LogP contribution is 2.19. The van der Waals surface area contributed by atoms with E-state index in [9.17, 15) is 9.90 Å². The number of aromatic amines is 1. The number of hydrogen-bond acceptors (Lipinski definition) is 3. The van der Waals surface area contributed by atoms with Crippen LogP contribution in [0, 0.1) is 13.8 Å². The Hall–Kier alpha value is -2.70. The molecular formula is C22H25N3O2S. The van der Waals surface area contributed by atoms with Crippen LogP contribution in [-0.2, 0) is 13.1 Å². The van der Waals surface area contributed by atoms with Crippen LogP contribution in [0.25, 0.3) is 10.9 Å². The van der Waals surface area contributed by atoms with E-state index in [0.29, 0.717) is 30.3 Å². The number of aliphatic hydroxyl groups is 1. The lowest BCUT2D eigenvalue weighted by molar-refractivity contribution is 0.245. The predicted octanol–water partition coefficient (Wildman–Crippen LogP) is 3.01. The molecule has 0 amide bonds. The summed E-state index contributed by atoms with van der Waals surface area (Å²) in [4.78, 5) is 17.4. The molecule has 0 bridgehead atoms. The Balaban J connectivity index is 1.79. The number of nitrogens with zero attached hydrogens (tertiary/aromatic N) is 1. The second-order valence-electron chi connectivity index (χ2n) is 6.88. The van der Waals surface area contributed by atoms with E-state index in [1.165, 1.54) is 0 Å². The highest BCUT2D eigenvalue weighted by Gasteiger charge is 2.13. The number of nitrogens with one attached hydrogen (secondary N) is 2. The summed E-state index contributed by atoms with van der Waals surface area (Å²) in [6.07, 6.45) is 0. The molecule has 28 heavy (non-hydrogen) atoms. The standard InChI is InChI=1S/C22H25N3O2S/c1-15-8-9-18-12-19(21(27)24-20(18)16(15)2)14-25(10-11-26)22(28)23-13-17-6-4-3-5-7-17/h3-9,12,26H,10-11,13-14H2,1-2H3,(H,23,28)(H,24,27). The van der Waals surface area contributed by atoms with Crippen molar-refractivity contribution in [2.24, 2.45) is 0 Å². The zero-order valence-electron chi connectivity index (χ0n) is 16.2. The summed E-state index contributed by atoms with van der Waals surface area (Å²) in [5.74, 6) is 0. The fourth-order valence-corrected chi connectivity index (χ4v) is 3.38. The van der Waals surface area contributed by atoms with Crippen molar-refractivity contribution in [3.05, 3.63) is 81.1 Å². The monoisotopic (exact) mass is 395 g/mol. The van der Waals surface area contributed by atoms with Crippen LogP contribution in [0.4, 0.5) is 0 Å². The summed E-state index contributed by atoms with van der Waals surface area (Å²) < 4.78 is 0. The highest BCUT2D eigenvalue weighted by molar-refractivity contribution is 7.80. The van der Waals surface area contributed by atoms with Crippen molar-refractivity contribution in [2.75, 3.05) is 13.2 Å². The second-order valence-corrected chi connectivity index (χ2v) is 7.27. The summed E-state index contributed by atoms with van der Waals surface area (Å²) >= 11 is 5.51. The maximum Gasteiger partial charge on any atom is 0.253 e. The van der Waals surface area contributed by atoms with Crippen LogP contribution >= 0.6 is 12.2 Å². The van der Waals surface area contributed by atoms with Gasteiger partial charge in [-0.25, -0.2) is 0 Å². The summed E-state index contributed by atoms with van der Waals surface area (Å²) in [6, 6.07) is 15.9. The number of fused-ring (bicyclic) bond motifs is 1. The van der Waals surface area contributed by atoms with E-state index >= 15 is 0 Å². The van der Waals surface area contributed by atoms with Gasteiger partial charge in [0.2, 0.25) is 0 Å². The van der Waals surface area contributed by atoms with E-state index in [1.54, 1.807) is 0 Å². The van der Waals surface area contributed by atoms with E-state index < -0.39 is 0 Å². The third-order valence-corrected chi connectivity index (χ3v) is 5.34. The zero-order valence-corrected chi connectivity index (χ0v) is 17.0. The van der Waals surface area contributed by atoms with E-state index in [-0.39, 0.29) is 12.2 Å².